The maximum absolute atomic E-state index is 12.8. The number of methoxy groups -OCH3 is 1. The van der Waals surface area contributed by atoms with E-state index in [1.165, 1.54) is 6.20 Å². The molecule has 2 heterocycles. The third-order valence-corrected chi connectivity index (χ3v) is 4.48. The molecule has 27 heavy (non-hydrogen) atoms. The molecule has 1 aliphatic rings. The highest BCUT2D eigenvalue weighted by Crippen LogP contribution is 2.29. The summed E-state index contributed by atoms with van der Waals surface area (Å²) in [5.74, 6) is 1.35. The second-order valence-corrected chi connectivity index (χ2v) is 6.52. The first kappa shape index (κ1) is 19.2. The summed E-state index contributed by atoms with van der Waals surface area (Å²) in [6.45, 7) is 3.66. The van der Waals surface area contributed by atoms with Gasteiger partial charge < -0.3 is 25.0 Å². The maximum atomic E-state index is 12.8. The highest BCUT2D eigenvalue weighted by atomic mass is 35.5. The first-order valence-corrected chi connectivity index (χ1v) is 8.96. The summed E-state index contributed by atoms with van der Waals surface area (Å²) in [6, 6.07) is 5.23. The van der Waals surface area contributed by atoms with E-state index in [1.54, 1.807) is 37.3 Å². The minimum absolute atomic E-state index is 0.0361. The van der Waals surface area contributed by atoms with Crippen molar-refractivity contribution in [2.24, 2.45) is 0 Å². The van der Waals surface area contributed by atoms with Crippen LogP contribution in [0.15, 0.2) is 24.4 Å². The molecule has 1 unspecified atom stereocenters. The Bertz CT molecular complexity index is 833. The molecule has 1 aromatic heterocycles. The summed E-state index contributed by atoms with van der Waals surface area (Å²) in [5, 5.41) is 6.41. The average molecular weight is 392 g/mol. The van der Waals surface area contributed by atoms with E-state index in [0.29, 0.717) is 53.5 Å². The highest BCUT2D eigenvalue weighted by Gasteiger charge is 2.23. The van der Waals surface area contributed by atoms with Crippen molar-refractivity contribution in [2.75, 3.05) is 44.5 Å². The van der Waals surface area contributed by atoms with Gasteiger partial charge in [0.2, 0.25) is 5.95 Å². The number of hydrogen-bond donors (Lipinski definition) is 2. The number of rotatable bonds is 5. The van der Waals surface area contributed by atoms with Crippen molar-refractivity contribution in [2.45, 2.75) is 13.0 Å². The van der Waals surface area contributed by atoms with E-state index in [1.807, 2.05) is 6.92 Å². The standard InChI is InChI=1S/C18H22ClN5O3/c1-11-10-24(6-7-27-11)17(25)12-4-5-14(15(8-12)26-3)22-18-21-9-13(19)16(20-2)23-18/h4-5,8-9,11H,6-7,10H2,1-3H3,(H2,20,21,22,23). The first-order chi connectivity index (χ1) is 13.0. The first-order valence-electron chi connectivity index (χ1n) is 8.58. The zero-order valence-electron chi connectivity index (χ0n) is 15.5. The van der Waals surface area contributed by atoms with E-state index in [4.69, 9.17) is 21.1 Å². The number of hydrogen-bond acceptors (Lipinski definition) is 7. The Morgan fingerprint density at radius 1 is 1.44 bits per heavy atom. The molecule has 0 radical (unpaired) electrons. The summed E-state index contributed by atoms with van der Waals surface area (Å²) in [7, 11) is 3.28. The van der Waals surface area contributed by atoms with Crippen molar-refractivity contribution in [3.63, 3.8) is 0 Å². The topological polar surface area (TPSA) is 88.6 Å². The van der Waals surface area contributed by atoms with E-state index < -0.39 is 0 Å². The monoisotopic (exact) mass is 391 g/mol. The van der Waals surface area contributed by atoms with Gasteiger partial charge in [-0.25, -0.2) is 4.98 Å². The molecule has 3 rings (SSSR count). The lowest BCUT2D eigenvalue weighted by molar-refractivity contribution is -0.0124. The Labute approximate surface area is 162 Å². The molecule has 144 valence electrons. The number of amides is 1. The van der Waals surface area contributed by atoms with Crippen molar-refractivity contribution in [1.82, 2.24) is 14.9 Å². The number of nitrogens with zero attached hydrogens (tertiary/aromatic N) is 3. The van der Waals surface area contributed by atoms with Crippen LogP contribution in [0.3, 0.4) is 0 Å². The molecule has 0 aliphatic carbocycles. The van der Waals surface area contributed by atoms with Crippen molar-refractivity contribution < 1.29 is 14.3 Å². The van der Waals surface area contributed by atoms with Crippen molar-refractivity contribution in [3.05, 3.63) is 35.0 Å². The van der Waals surface area contributed by atoms with Crippen LogP contribution in [0.25, 0.3) is 0 Å². The largest absolute Gasteiger partial charge is 0.495 e. The van der Waals surface area contributed by atoms with Crippen molar-refractivity contribution in [1.29, 1.82) is 0 Å². The average Bonchev–Trinajstić information content (AvgIpc) is 2.69. The lowest BCUT2D eigenvalue weighted by atomic mass is 10.1. The Hall–Kier alpha value is -2.58. The number of benzene rings is 1. The van der Waals surface area contributed by atoms with Crippen LogP contribution in [-0.4, -0.2) is 60.7 Å². The molecule has 9 heteroatoms. The molecule has 1 aromatic carbocycles. The minimum Gasteiger partial charge on any atom is -0.495 e. The molecule has 1 saturated heterocycles. The number of morpholine rings is 1. The van der Waals surface area contributed by atoms with Gasteiger partial charge in [-0.3, -0.25) is 4.79 Å². The molecular weight excluding hydrogens is 370 g/mol. The van der Waals surface area contributed by atoms with Gasteiger partial charge in [-0.2, -0.15) is 4.98 Å². The van der Waals surface area contributed by atoms with E-state index in [2.05, 4.69) is 20.6 Å². The molecule has 1 amide bonds. The summed E-state index contributed by atoms with van der Waals surface area (Å²) >= 11 is 6.01. The van der Waals surface area contributed by atoms with Gasteiger partial charge >= 0.3 is 0 Å². The normalized spacial score (nSPS) is 16.7. The van der Waals surface area contributed by atoms with E-state index in [0.717, 1.165) is 0 Å². The van der Waals surface area contributed by atoms with Crippen LogP contribution < -0.4 is 15.4 Å². The van der Waals surface area contributed by atoms with Crippen LogP contribution in [0.1, 0.15) is 17.3 Å². The van der Waals surface area contributed by atoms with E-state index in [-0.39, 0.29) is 12.0 Å². The molecule has 1 fully saturated rings. The third-order valence-electron chi connectivity index (χ3n) is 4.20. The fraction of sp³-hybridized carbons (Fsp3) is 0.389. The Morgan fingerprint density at radius 2 is 2.26 bits per heavy atom. The van der Waals surface area contributed by atoms with Gasteiger partial charge in [0.1, 0.15) is 16.6 Å². The number of carbonyl (C=O) groups is 1. The van der Waals surface area contributed by atoms with E-state index in [9.17, 15) is 4.79 Å². The molecule has 8 nitrogen and oxygen atoms in total. The number of carbonyl (C=O) groups excluding carboxylic acids is 1. The summed E-state index contributed by atoms with van der Waals surface area (Å²) in [6.07, 6.45) is 1.54. The number of halogens is 1. The lowest BCUT2D eigenvalue weighted by Crippen LogP contribution is -2.44. The van der Waals surface area contributed by atoms with Crippen LogP contribution in [0.2, 0.25) is 5.02 Å². The van der Waals surface area contributed by atoms with Gasteiger partial charge in [0.25, 0.3) is 5.91 Å². The predicted octanol–water partition coefficient (Wildman–Crippen LogP) is 2.78. The van der Waals surface area contributed by atoms with Crippen LogP contribution in [0, 0.1) is 0 Å². The van der Waals surface area contributed by atoms with Crippen molar-refractivity contribution in [3.8, 4) is 5.75 Å². The van der Waals surface area contributed by atoms with Crippen molar-refractivity contribution >= 4 is 35.0 Å². The zero-order valence-corrected chi connectivity index (χ0v) is 16.2. The predicted molar refractivity (Wildman–Crippen MR) is 104 cm³/mol. The van der Waals surface area contributed by atoms with Crippen LogP contribution in [-0.2, 0) is 4.74 Å². The Kier molecular flexibility index (Phi) is 5.98. The second-order valence-electron chi connectivity index (χ2n) is 6.11. The number of nitrogens with one attached hydrogen (secondary N) is 2. The Morgan fingerprint density at radius 3 is 2.96 bits per heavy atom. The van der Waals surface area contributed by atoms with Gasteiger partial charge in [-0.1, -0.05) is 11.6 Å². The maximum Gasteiger partial charge on any atom is 0.254 e. The second kappa shape index (κ2) is 8.41. The number of aromatic nitrogens is 2. The molecule has 2 aromatic rings. The lowest BCUT2D eigenvalue weighted by Gasteiger charge is -2.31. The SMILES string of the molecule is CNc1nc(Nc2ccc(C(=O)N3CCOC(C)C3)cc2OC)ncc1Cl. The Balaban J connectivity index is 1.81. The molecular formula is C18H22ClN5O3. The molecule has 0 saturated carbocycles. The molecule has 1 aliphatic heterocycles. The third kappa shape index (κ3) is 4.40. The number of ether oxygens (including phenoxy) is 2. The summed E-state index contributed by atoms with van der Waals surface area (Å²) in [5.41, 5.74) is 1.20. The summed E-state index contributed by atoms with van der Waals surface area (Å²) < 4.78 is 10.9. The quantitative estimate of drug-likeness (QED) is 0.810. The van der Waals surface area contributed by atoms with Gasteiger partial charge in [0, 0.05) is 25.7 Å². The van der Waals surface area contributed by atoms with Crippen LogP contribution in [0.4, 0.5) is 17.5 Å². The van der Waals surface area contributed by atoms with E-state index >= 15 is 0 Å². The fourth-order valence-corrected chi connectivity index (χ4v) is 3.02. The van der Waals surface area contributed by atoms with Crippen LogP contribution >= 0.6 is 11.6 Å². The van der Waals surface area contributed by atoms with Crippen LogP contribution in [0.5, 0.6) is 5.75 Å². The highest BCUT2D eigenvalue weighted by molar-refractivity contribution is 6.32. The van der Waals surface area contributed by atoms with Gasteiger partial charge in [0.15, 0.2) is 0 Å². The van der Waals surface area contributed by atoms with Gasteiger partial charge in [-0.15, -0.1) is 0 Å². The molecule has 0 bridgehead atoms. The zero-order chi connectivity index (χ0) is 19.4. The molecule has 0 spiro atoms. The van der Waals surface area contributed by atoms with Gasteiger partial charge in [-0.05, 0) is 25.1 Å². The number of anilines is 3. The fourth-order valence-electron chi connectivity index (χ4n) is 2.84. The molecule has 1 atom stereocenters. The minimum atomic E-state index is -0.0461. The molecule has 2 N–H and O–H groups in total. The van der Waals surface area contributed by atoms with Gasteiger partial charge in [0.05, 0.1) is 31.7 Å². The summed E-state index contributed by atoms with van der Waals surface area (Å²) in [4.78, 5) is 23.0. The smallest absolute Gasteiger partial charge is 0.254 e.